The number of ketones is 1. The quantitative estimate of drug-likeness (QED) is 0.0437. The Hall–Kier alpha value is -4.70. The highest BCUT2D eigenvalue weighted by molar-refractivity contribution is 8.76. The monoisotopic (exact) mass is 1020 g/mol. The molecule has 2 bridgehead atoms. The van der Waals surface area contributed by atoms with Crippen LogP contribution < -0.4 is 10.6 Å². The zero-order valence-corrected chi connectivity index (χ0v) is 42.4. The van der Waals surface area contributed by atoms with Crippen LogP contribution in [0.5, 0.6) is 0 Å². The van der Waals surface area contributed by atoms with E-state index in [1.165, 1.54) is 61.4 Å². The Kier molecular flexibility index (Phi) is 16.7. The first-order chi connectivity index (χ1) is 33.4. The Morgan fingerprint density at radius 1 is 0.971 bits per heavy atom. The lowest BCUT2D eigenvalue weighted by Crippen LogP contribution is -2.81. The van der Waals surface area contributed by atoms with Crippen molar-refractivity contribution in [2.75, 3.05) is 37.8 Å². The smallest absolute Gasteiger partial charge is 0.455 e. The van der Waals surface area contributed by atoms with Gasteiger partial charge >= 0.3 is 30.2 Å². The molecule has 2 saturated carbocycles. The zero-order chi connectivity index (χ0) is 52.1. The van der Waals surface area contributed by atoms with E-state index in [-0.39, 0.29) is 48.8 Å². The number of alkyl carbamates (subject to hydrolysis) is 1. The average molecular weight is 1020 g/mol. The first kappa shape index (κ1) is 53.1. The van der Waals surface area contributed by atoms with Gasteiger partial charge in [0.25, 0.3) is 0 Å². The summed E-state index contributed by atoms with van der Waals surface area (Å²) in [5.74, 6) is -4.46. The number of benzene rings is 2. The molecule has 4 aliphatic rings. The molecule has 1 aliphatic heterocycles. The molecule has 2 aromatic rings. The second kappa shape index (κ2) is 22.0. The molecule has 3 aliphatic carbocycles. The van der Waals surface area contributed by atoms with E-state index >= 15 is 9.59 Å². The molecule has 0 aromatic heterocycles. The van der Waals surface area contributed by atoms with E-state index in [1.807, 2.05) is 0 Å². The van der Waals surface area contributed by atoms with Gasteiger partial charge in [0, 0.05) is 44.6 Å². The fourth-order valence-corrected chi connectivity index (χ4v) is 12.1. The fraction of sp³-hybridized carbons (Fsp3) is 0.600. The molecular weight excluding hydrogens is 949 g/mol. The summed E-state index contributed by atoms with van der Waals surface area (Å²) >= 11 is 0. The number of Topliss-reactive ketones (excluding diaryl/α,β-unsaturated/α-hetero) is 1. The highest BCUT2D eigenvalue weighted by Gasteiger charge is 2.78. The number of carbonyl (C=O) groups excluding carboxylic acids is 6. The Balaban J connectivity index is 1.43. The molecule has 18 nitrogen and oxygen atoms in total. The second-order valence-corrected chi connectivity index (χ2v) is 22.4. The number of ether oxygens (including phenoxy) is 7. The van der Waals surface area contributed by atoms with Crippen molar-refractivity contribution in [1.29, 1.82) is 0 Å². The summed E-state index contributed by atoms with van der Waals surface area (Å²) < 4.78 is 48.6. The minimum atomic E-state index is -2.44. The van der Waals surface area contributed by atoms with E-state index < -0.39 is 119 Å². The molecule has 1 heterocycles. The Morgan fingerprint density at radius 3 is 2.24 bits per heavy atom. The Bertz CT molecular complexity index is 2300. The van der Waals surface area contributed by atoms with Crippen LogP contribution >= 0.6 is 21.6 Å². The summed E-state index contributed by atoms with van der Waals surface area (Å²) in [6.45, 7) is 13.0. The fourth-order valence-electron chi connectivity index (χ4n) is 10.3. The molecule has 11 atom stereocenters. The molecule has 1 amide bonds. The number of aliphatic hydroxyl groups excluding tert-OH is 2. The number of hydrogen-bond donors (Lipinski definition) is 5. The van der Waals surface area contributed by atoms with Crippen molar-refractivity contribution in [1.82, 2.24) is 10.6 Å². The number of carbonyl (C=O) groups is 6. The summed E-state index contributed by atoms with van der Waals surface area (Å²) in [5.41, 5.74) is -8.67. The number of esters is 3. The molecule has 2 aromatic carbocycles. The molecule has 1 saturated heterocycles. The predicted molar refractivity (Wildman–Crippen MR) is 257 cm³/mol. The van der Waals surface area contributed by atoms with Crippen molar-refractivity contribution in [3.63, 3.8) is 0 Å². The van der Waals surface area contributed by atoms with Crippen molar-refractivity contribution in [3.8, 4) is 0 Å². The molecule has 0 radical (unpaired) electrons. The molecular formula is C50H66N2O16S2. The van der Waals surface area contributed by atoms with Crippen LogP contribution in [0.4, 0.5) is 9.59 Å². The van der Waals surface area contributed by atoms with E-state index in [1.54, 1.807) is 69.3 Å². The van der Waals surface area contributed by atoms with Crippen LogP contribution in [0.2, 0.25) is 0 Å². The maximum atomic E-state index is 15.2. The predicted octanol–water partition coefficient (Wildman–Crippen LogP) is 5.41. The van der Waals surface area contributed by atoms with Gasteiger partial charge in [-0.3, -0.25) is 9.59 Å². The number of hydrogen-bond acceptors (Lipinski definition) is 19. The van der Waals surface area contributed by atoms with Gasteiger partial charge in [0.1, 0.15) is 48.3 Å². The molecule has 5 N–H and O–H groups in total. The third-order valence-corrected chi connectivity index (χ3v) is 16.1. The summed E-state index contributed by atoms with van der Waals surface area (Å²) in [7, 11) is 2.95. The molecule has 6 rings (SSSR count). The van der Waals surface area contributed by atoms with Gasteiger partial charge in [0.2, 0.25) is 6.10 Å². The summed E-state index contributed by atoms with van der Waals surface area (Å²) in [4.78, 5) is 84.7. The van der Waals surface area contributed by atoms with Gasteiger partial charge in [-0.1, -0.05) is 90.9 Å². The first-order valence-corrected chi connectivity index (χ1v) is 25.7. The Morgan fingerprint density at radius 2 is 1.63 bits per heavy atom. The summed E-state index contributed by atoms with van der Waals surface area (Å²) in [6.07, 6.45) is -13.2. The molecule has 6 unspecified atom stereocenters. The van der Waals surface area contributed by atoms with Gasteiger partial charge in [0.05, 0.1) is 29.6 Å². The number of fused-ring (bicyclic) bond motifs is 5. The first-order valence-electron chi connectivity index (χ1n) is 23.9. The topological polar surface area (TPSA) is 252 Å². The van der Waals surface area contributed by atoms with Crippen LogP contribution in [-0.4, -0.2) is 142 Å². The van der Waals surface area contributed by atoms with Gasteiger partial charge in [-0.2, -0.15) is 0 Å². The number of rotatable bonds is 17. The van der Waals surface area contributed by atoms with Crippen LogP contribution in [0, 0.1) is 16.7 Å². The van der Waals surface area contributed by atoms with Gasteiger partial charge in [-0.05, 0) is 70.0 Å². The van der Waals surface area contributed by atoms with E-state index in [2.05, 4.69) is 10.6 Å². The van der Waals surface area contributed by atoms with Gasteiger partial charge in [-0.25, -0.2) is 19.2 Å². The molecule has 384 valence electrons. The lowest BCUT2D eigenvalue weighted by Gasteiger charge is -2.67. The standard InChI is InChI=1S/C50H66N2O16S2/c1-10-51-21-23-69-70-24-22-62-45(60)65-38(36(30-17-13-11-14-18-30)52-44(59)68-46(4,5)6)43(58)64-32-26-50(61)41(66-42(57)31-19-15-12-16-20-31)39-48(9,40(56)37(55)35(28(32)2)47(50,7)8)33(54)25-34-49(39,27-63-34)67-29(3)53/h11-20,32-34,36-39,41,51,54-55,61H,10,21-27H2,1-9H3,(H,52,59)/t32-,33-,34?,36-,37+,38?,39?,41?,48?,49?,50-/m0/s1/i1T. The lowest BCUT2D eigenvalue weighted by atomic mass is 9.44. The molecule has 20 heteroatoms. The van der Waals surface area contributed by atoms with Crippen molar-refractivity contribution in [2.24, 2.45) is 16.7 Å². The van der Waals surface area contributed by atoms with Crippen LogP contribution in [0.3, 0.4) is 0 Å². The third kappa shape index (κ3) is 11.0. The summed E-state index contributed by atoms with van der Waals surface area (Å²) in [5, 5.41) is 43.9. The molecule has 70 heavy (non-hydrogen) atoms. The van der Waals surface area contributed by atoms with Crippen LogP contribution in [-0.2, 0) is 47.5 Å². The van der Waals surface area contributed by atoms with Gasteiger partial charge in [-0.15, -0.1) is 0 Å². The average Bonchev–Trinajstić information content (AvgIpc) is 3.30. The summed E-state index contributed by atoms with van der Waals surface area (Å²) in [6, 6.07) is 14.4. The molecule has 0 spiro atoms. The van der Waals surface area contributed by atoms with Crippen molar-refractivity contribution >= 4 is 57.5 Å². The highest BCUT2D eigenvalue weighted by Crippen LogP contribution is 2.64. The van der Waals surface area contributed by atoms with Crippen molar-refractivity contribution in [3.05, 3.63) is 82.9 Å². The lowest BCUT2D eigenvalue weighted by molar-refractivity contribution is -0.346. The maximum Gasteiger partial charge on any atom is 0.509 e. The largest absolute Gasteiger partial charge is 0.509 e. The third-order valence-electron chi connectivity index (χ3n) is 13.8. The van der Waals surface area contributed by atoms with Crippen LogP contribution in [0.1, 0.15) is 98.5 Å². The minimum Gasteiger partial charge on any atom is -0.455 e. The molecule has 3 fully saturated rings. The highest BCUT2D eigenvalue weighted by atomic mass is 33.1. The Labute approximate surface area is 417 Å². The van der Waals surface area contributed by atoms with Crippen molar-refractivity contribution < 1.29 is 78.6 Å². The minimum absolute atomic E-state index is 0.0521. The SMILES string of the molecule is [3H]CCNCCSSCCOC(=O)OC(C(=O)O[C@H]1C[C@]2(O)C(OC(=O)c3ccccc3)C3C4(OC(C)=O)COC4C[C@H](O)C3(C)C(=O)[C@H](O)C(=C1C)C2(C)C)[C@@H](NC(=O)OC(C)(C)C)c1ccccc1. The van der Waals surface area contributed by atoms with E-state index in [4.69, 9.17) is 34.5 Å². The number of amides is 1. The number of aliphatic hydroxyl groups is 3. The second-order valence-electron chi connectivity index (χ2n) is 19.7. The maximum absolute atomic E-state index is 15.2. The van der Waals surface area contributed by atoms with Crippen molar-refractivity contribution in [2.45, 2.75) is 135 Å². The normalized spacial score (nSPS) is 30.0. The van der Waals surface area contributed by atoms with Gasteiger partial charge in [0.15, 0.2) is 11.4 Å². The van der Waals surface area contributed by atoms with E-state index in [0.717, 1.165) is 12.7 Å². The van der Waals surface area contributed by atoms with E-state index in [9.17, 15) is 34.5 Å². The van der Waals surface area contributed by atoms with Crippen LogP contribution in [0.15, 0.2) is 71.8 Å². The van der Waals surface area contributed by atoms with E-state index in [0.29, 0.717) is 18.8 Å². The van der Waals surface area contributed by atoms with Gasteiger partial charge < -0.3 is 59.1 Å². The zero-order valence-electron chi connectivity index (χ0n) is 41.7. The number of nitrogens with one attached hydrogen (secondary N) is 2. The van der Waals surface area contributed by atoms with Crippen LogP contribution in [0.25, 0.3) is 0 Å².